The van der Waals surface area contributed by atoms with Crippen LogP contribution in [0, 0.1) is 0 Å². The SMILES string of the molecule is [Co+2].[O-]c1ccccc1/C=N/N=C/c1c(Cl)cccc1Cl.[O-]c1ccccc1/C=N/N=C/c1c(Cl)cccc1Cl. The smallest absolute Gasteiger partial charge is 0.872 e. The Labute approximate surface area is 256 Å². The van der Waals surface area contributed by atoms with E-state index in [1.807, 2.05) is 0 Å². The van der Waals surface area contributed by atoms with Gasteiger partial charge in [0.2, 0.25) is 0 Å². The zero-order valence-electron chi connectivity index (χ0n) is 19.8. The molecule has 39 heavy (non-hydrogen) atoms. The Morgan fingerprint density at radius 3 is 1.08 bits per heavy atom. The number of nitrogens with zero attached hydrogens (tertiary/aromatic N) is 4. The molecule has 11 heteroatoms. The summed E-state index contributed by atoms with van der Waals surface area (Å²) in [6, 6.07) is 23.5. The predicted octanol–water partition coefficient (Wildman–Crippen LogP) is 7.04. The van der Waals surface area contributed by atoms with Gasteiger partial charge in [0, 0.05) is 11.1 Å². The van der Waals surface area contributed by atoms with Crippen molar-refractivity contribution >= 4 is 71.3 Å². The van der Waals surface area contributed by atoms with Gasteiger partial charge in [-0.3, -0.25) is 0 Å². The maximum Gasteiger partial charge on any atom is 2.00 e. The van der Waals surface area contributed by atoms with Gasteiger partial charge in [0.25, 0.3) is 0 Å². The van der Waals surface area contributed by atoms with E-state index in [-0.39, 0.29) is 28.3 Å². The number of hydrogen-bond donors (Lipinski definition) is 0. The van der Waals surface area contributed by atoms with Crippen molar-refractivity contribution in [3.05, 3.63) is 127 Å². The molecule has 0 atom stereocenters. The summed E-state index contributed by atoms with van der Waals surface area (Å²) in [5.74, 6) is -0.200. The van der Waals surface area contributed by atoms with Gasteiger partial charge in [0.15, 0.2) is 0 Å². The van der Waals surface area contributed by atoms with Crippen molar-refractivity contribution in [2.75, 3.05) is 0 Å². The number of halogens is 4. The van der Waals surface area contributed by atoms with E-state index in [0.29, 0.717) is 42.3 Å². The van der Waals surface area contributed by atoms with Gasteiger partial charge in [-0.2, -0.15) is 20.4 Å². The minimum absolute atomic E-state index is 0. The Kier molecular flexibility index (Phi) is 13.7. The Bertz CT molecular complexity index is 1360. The van der Waals surface area contributed by atoms with Crippen LogP contribution in [0.1, 0.15) is 22.3 Å². The second-order valence-corrected chi connectivity index (χ2v) is 8.95. The van der Waals surface area contributed by atoms with Crippen LogP contribution in [0.25, 0.3) is 0 Å². The van der Waals surface area contributed by atoms with E-state index in [1.165, 1.54) is 37.0 Å². The van der Waals surface area contributed by atoms with Gasteiger partial charge in [-0.25, -0.2) is 0 Å². The first-order valence-corrected chi connectivity index (χ1v) is 12.4. The molecular weight excluding hydrogens is 625 g/mol. The van der Waals surface area contributed by atoms with Crippen LogP contribution in [-0.2, 0) is 16.8 Å². The number of benzene rings is 4. The summed E-state index contributed by atoms with van der Waals surface area (Å²) in [4.78, 5) is 0. The molecule has 4 aromatic rings. The Morgan fingerprint density at radius 1 is 0.436 bits per heavy atom. The molecule has 0 heterocycles. The standard InChI is InChI=1S/2C14H10Cl2N2O.Co/c2*15-12-5-3-6-13(16)11(12)9-18-17-8-10-4-1-2-7-14(10)19;/h2*1-9,19H;/q;;+2/p-2/b2*17-8+,18-9+;. The molecule has 0 bridgehead atoms. The third kappa shape index (κ3) is 10.1. The first kappa shape index (κ1) is 32.0. The first-order chi connectivity index (χ1) is 18.4. The fourth-order valence-corrected chi connectivity index (χ4v) is 3.81. The Morgan fingerprint density at radius 2 is 0.744 bits per heavy atom. The van der Waals surface area contributed by atoms with Gasteiger partial charge < -0.3 is 10.2 Å². The molecule has 0 aliphatic heterocycles. The average Bonchev–Trinajstić information content (AvgIpc) is 2.89. The summed E-state index contributed by atoms with van der Waals surface area (Å²) in [5.41, 5.74) is 2.14. The molecule has 0 aromatic heterocycles. The van der Waals surface area contributed by atoms with Crippen molar-refractivity contribution in [3.8, 4) is 11.5 Å². The van der Waals surface area contributed by atoms with Gasteiger partial charge in [0.05, 0.1) is 44.9 Å². The van der Waals surface area contributed by atoms with Crippen molar-refractivity contribution < 1.29 is 27.0 Å². The largest absolute Gasteiger partial charge is 2.00 e. The number of rotatable bonds is 6. The van der Waals surface area contributed by atoms with Gasteiger partial charge in [-0.15, -0.1) is 0 Å². The van der Waals surface area contributed by atoms with Crippen LogP contribution in [-0.4, -0.2) is 24.9 Å². The van der Waals surface area contributed by atoms with Crippen LogP contribution in [0.15, 0.2) is 105 Å². The molecular formula is C28H18Cl4CoN4O2. The summed E-state index contributed by atoms with van der Waals surface area (Å²) < 4.78 is 0. The molecule has 0 fully saturated rings. The van der Waals surface area contributed by atoms with E-state index in [9.17, 15) is 10.2 Å². The monoisotopic (exact) mass is 641 g/mol. The Balaban J connectivity index is 0.000000267. The predicted molar refractivity (Wildman–Crippen MR) is 155 cm³/mol. The van der Waals surface area contributed by atoms with Crippen LogP contribution >= 0.6 is 46.4 Å². The van der Waals surface area contributed by atoms with Crippen molar-refractivity contribution in [2.45, 2.75) is 0 Å². The topological polar surface area (TPSA) is 95.6 Å². The number of para-hydroxylation sites is 2. The van der Waals surface area contributed by atoms with Gasteiger partial charge in [0.1, 0.15) is 0 Å². The maximum absolute atomic E-state index is 11.4. The molecule has 0 saturated carbocycles. The zero-order chi connectivity index (χ0) is 27.3. The second kappa shape index (κ2) is 16.7. The normalized spacial score (nSPS) is 11.2. The van der Waals surface area contributed by atoms with Crippen LogP contribution in [0.5, 0.6) is 11.5 Å². The van der Waals surface area contributed by atoms with E-state index >= 15 is 0 Å². The van der Waals surface area contributed by atoms with Crippen molar-refractivity contribution in [1.29, 1.82) is 0 Å². The third-order valence-electron chi connectivity index (χ3n) is 4.74. The summed E-state index contributed by atoms with van der Waals surface area (Å²) in [6.07, 6.45) is 5.69. The Hall–Kier alpha value is -3.17. The zero-order valence-corrected chi connectivity index (χ0v) is 23.9. The van der Waals surface area contributed by atoms with E-state index < -0.39 is 0 Å². The maximum atomic E-state index is 11.4. The van der Waals surface area contributed by atoms with Crippen LogP contribution in [0.3, 0.4) is 0 Å². The molecule has 0 N–H and O–H groups in total. The first-order valence-electron chi connectivity index (χ1n) is 10.9. The third-order valence-corrected chi connectivity index (χ3v) is 6.06. The molecule has 0 saturated heterocycles. The van der Waals surface area contributed by atoms with Gasteiger partial charge in [-0.05, 0) is 35.4 Å². The molecule has 0 aliphatic rings. The summed E-state index contributed by atoms with van der Waals surface area (Å²) in [7, 11) is 0. The molecule has 199 valence electrons. The molecule has 0 amide bonds. The van der Waals surface area contributed by atoms with Crippen LogP contribution in [0.2, 0.25) is 20.1 Å². The van der Waals surface area contributed by atoms with E-state index in [4.69, 9.17) is 46.4 Å². The van der Waals surface area contributed by atoms with Gasteiger partial charge >= 0.3 is 16.8 Å². The fraction of sp³-hybridized carbons (Fsp3) is 0. The fourth-order valence-electron chi connectivity index (χ4n) is 2.82. The van der Waals surface area contributed by atoms with Crippen LogP contribution in [0.4, 0.5) is 0 Å². The van der Waals surface area contributed by atoms with Crippen molar-refractivity contribution in [1.82, 2.24) is 0 Å². The van der Waals surface area contributed by atoms with E-state index in [2.05, 4.69) is 20.4 Å². The van der Waals surface area contributed by atoms with Gasteiger partial charge in [-0.1, -0.05) is 119 Å². The summed E-state index contributed by atoms with van der Waals surface area (Å²) >= 11 is 23.9. The summed E-state index contributed by atoms with van der Waals surface area (Å²) in [6.45, 7) is 0. The minimum Gasteiger partial charge on any atom is -0.872 e. The molecule has 0 aliphatic carbocycles. The van der Waals surface area contributed by atoms with Crippen molar-refractivity contribution in [3.63, 3.8) is 0 Å². The molecule has 0 unspecified atom stereocenters. The average molecular weight is 643 g/mol. The minimum atomic E-state index is -0.0998. The molecule has 0 spiro atoms. The quantitative estimate of drug-likeness (QED) is 0.167. The summed E-state index contributed by atoms with van der Waals surface area (Å²) in [5, 5.41) is 40.1. The van der Waals surface area contributed by atoms with Crippen molar-refractivity contribution in [2.24, 2.45) is 20.4 Å². The van der Waals surface area contributed by atoms with E-state index in [0.717, 1.165) is 0 Å². The molecule has 4 aromatic carbocycles. The van der Waals surface area contributed by atoms with Crippen LogP contribution < -0.4 is 10.2 Å². The molecule has 1 radical (unpaired) electrons. The number of hydrogen-bond acceptors (Lipinski definition) is 6. The second-order valence-electron chi connectivity index (χ2n) is 7.32. The molecule has 6 nitrogen and oxygen atoms in total. The molecule has 4 rings (SSSR count). The van der Waals surface area contributed by atoms with E-state index in [1.54, 1.807) is 72.8 Å².